The number of imidazole rings is 1. The fraction of sp³-hybridized carbons (Fsp3) is 0.643. The van der Waals surface area contributed by atoms with E-state index in [0.717, 1.165) is 25.9 Å². The summed E-state index contributed by atoms with van der Waals surface area (Å²) in [6.07, 6.45) is 3.41. The molecule has 6 nitrogen and oxygen atoms in total. The Morgan fingerprint density at radius 3 is 2.65 bits per heavy atom. The minimum absolute atomic E-state index is 0.0120. The standard InChI is InChI=1S/C14H22N4O2/c1-9(2)17-13(19)11-12(16-8-15-11)14(20)18-6-4-10(3)5-7-18/h8-10H,4-7H2,1-3H3,(H,15,16)(H,17,19). The molecule has 1 aromatic heterocycles. The summed E-state index contributed by atoms with van der Waals surface area (Å²) < 4.78 is 0. The number of H-pyrrole nitrogens is 1. The lowest BCUT2D eigenvalue weighted by Gasteiger charge is -2.30. The quantitative estimate of drug-likeness (QED) is 0.877. The number of nitrogens with zero attached hydrogens (tertiary/aromatic N) is 2. The highest BCUT2D eigenvalue weighted by molar-refractivity contribution is 6.04. The van der Waals surface area contributed by atoms with Crippen LogP contribution in [-0.4, -0.2) is 45.8 Å². The van der Waals surface area contributed by atoms with Crippen molar-refractivity contribution < 1.29 is 9.59 Å². The number of rotatable bonds is 3. The number of likely N-dealkylation sites (tertiary alicyclic amines) is 1. The van der Waals surface area contributed by atoms with Crippen LogP contribution in [0.3, 0.4) is 0 Å². The number of hydrogen-bond acceptors (Lipinski definition) is 3. The zero-order chi connectivity index (χ0) is 14.7. The number of hydrogen-bond donors (Lipinski definition) is 2. The molecule has 0 unspecified atom stereocenters. The molecule has 0 spiro atoms. The van der Waals surface area contributed by atoms with Crippen molar-refractivity contribution in [2.75, 3.05) is 13.1 Å². The van der Waals surface area contributed by atoms with Crippen molar-refractivity contribution in [3.05, 3.63) is 17.7 Å². The smallest absolute Gasteiger partial charge is 0.272 e. The highest BCUT2D eigenvalue weighted by atomic mass is 16.2. The number of aromatic amines is 1. The third-order valence-corrected chi connectivity index (χ3v) is 3.56. The number of piperidine rings is 1. The molecule has 1 saturated heterocycles. The summed E-state index contributed by atoms with van der Waals surface area (Å²) in [7, 11) is 0. The lowest BCUT2D eigenvalue weighted by molar-refractivity contribution is 0.0686. The molecule has 0 saturated carbocycles. The van der Waals surface area contributed by atoms with Crippen molar-refractivity contribution in [3.63, 3.8) is 0 Å². The number of nitrogens with one attached hydrogen (secondary N) is 2. The third-order valence-electron chi connectivity index (χ3n) is 3.56. The number of carbonyl (C=O) groups is 2. The Bertz CT molecular complexity index is 487. The van der Waals surface area contributed by atoms with Crippen LogP contribution in [0, 0.1) is 5.92 Å². The highest BCUT2D eigenvalue weighted by Crippen LogP contribution is 2.18. The molecule has 0 bridgehead atoms. The monoisotopic (exact) mass is 278 g/mol. The number of amides is 2. The van der Waals surface area contributed by atoms with E-state index in [0.29, 0.717) is 5.92 Å². The summed E-state index contributed by atoms with van der Waals surface area (Å²) >= 11 is 0. The predicted octanol–water partition coefficient (Wildman–Crippen LogP) is 1.42. The molecule has 1 aliphatic heterocycles. The summed E-state index contributed by atoms with van der Waals surface area (Å²) in [6, 6.07) is 0.0120. The minimum Gasteiger partial charge on any atom is -0.348 e. The predicted molar refractivity (Wildman–Crippen MR) is 75.5 cm³/mol. The van der Waals surface area contributed by atoms with E-state index in [-0.39, 0.29) is 29.2 Å². The largest absolute Gasteiger partial charge is 0.348 e. The molecular formula is C14H22N4O2. The average molecular weight is 278 g/mol. The van der Waals surface area contributed by atoms with Gasteiger partial charge in [-0.15, -0.1) is 0 Å². The van der Waals surface area contributed by atoms with Gasteiger partial charge in [0.1, 0.15) is 5.69 Å². The Hall–Kier alpha value is -1.85. The Morgan fingerprint density at radius 1 is 1.40 bits per heavy atom. The van der Waals surface area contributed by atoms with Gasteiger partial charge in [0, 0.05) is 19.1 Å². The van der Waals surface area contributed by atoms with Crippen LogP contribution in [0.15, 0.2) is 6.33 Å². The molecule has 0 radical (unpaired) electrons. The van der Waals surface area contributed by atoms with Gasteiger partial charge in [0.05, 0.1) is 6.33 Å². The molecule has 1 aromatic rings. The van der Waals surface area contributed by atoms with Gasteiger partial charge in [-0.2, -0.15) is 0 Å². The molecule has 2 rings (SSSR count). The van der Waals surface area contributed by atoms with Crippen molar-refractivity contribution >= 4 is 11.8 Å². The van der Waals surface area contributed by atoms with Gasteiger partial charge in [0.15, 0.2) is 5.69 Å². The van der Waals surface area contributed by atoms with E-state index in [1.54, 1.807) is 4.90 Å². The van der Waals surface area contributed by atoms with Crippen molar-refractivity contribution in [1.29, 1.82) is 0 Å². The molecular weight excluding hydrogens is 256 g/mol. The molecule has 2 heterocycles. The second-order valence-corrected chi connectivity index (χ2v) is 5.73. The fourth-order valence-electron chi connectivity index (χ4n) is 2.33. The first kappa shape index (κ1) is 14.6. The van der Waals surface area contributed by atoms with Crippen LogP contribution in [0.5, 0.6) is 0 Å². The van der Waals surface area contributed by atoms with Gasteiger partial charge < -0.3 is 15.2 Å². The summed E-state index contributed by atoms with van der Waals surface area (Å²) in [6.45, 7) is 7.42. The Morgan fingerprint density at radius 2 is 2.05 bits per heavy atom. The van der Waals surface area contributed by atoms with E-state index in [1.807, 2.05) is 13.8 Å². The third kappa shape index (κ3) is 3.18. The number of aromatic nitrogens is 2. The molecule has 20 heavy (non-hydrogen) atoms. The fourth-order valence-corrected chi connectivity index (χ4v) is 2.33. The zero-order valence-electron chi connectivity index (χ0n) is 12.3. The van der Waals surface area contributed by atoms with E-state index in [1.165, 1.54) is 6.33 Å². The normalized spacial score (nSPS) is 16.5. The molecule has 0 atom stereocenters. The molecule has 1 fully saturated rings. The first-order valence-corrected chi connectivity index (χ1v) is 7.12. The van der Waals surface area contributed by atoms with E-state index < -0.39 is 0 Å². The van der Waals surface area contributed by atoms with Crippen molar-refractivity contribution in [2.45, 2.75) is 39.7 Å². The van der Waals surface area contributed by atoms with Crippen LogP contribution in [0.1, 0.15) is 54.6 Å². The van der Waals surface area contributed by atoms with Crippen LogP contribution in [-0.2, 0) is 0 Å². The minimum atomic E-state index is -0.310. The van der Waals surface area contributed by atoms with Crippen molar-refractivity contribution in [1.82, 2.24) is 20.2 Å². The molecule has 2 N–H and O–H groups in total. The van der Waals surface area contributed by atoms with Crippen LogP contribution in [0.2, 0.25) is 0 Å². The second kappa shape index (κ2) is 6.07. The summed E-state index contributed by atoms with van der Waals surface area (Å²) in [5.74, 6) is 0.211. The number of carbonyl (C=O) groups excluding carboxylic acids is 2. The van der Waals surface area contributed by atoms with Gasteiger partial charge in [-0.3, -0.25) is 9.59 Å². The van der Waals surface area contributed by atoms with Crippen LogP contribution < -0.4 is 5.32 Å². The average Bonchev–Trinajstić information content (AvgIpc) is 2.87. The SMILES string of the molecule is CC1CCN(C(=O)c2[nH]cnc2C(=O)NC(C)C)CC1. The van der Waals surface area contributed by atoms with Crippen LogP contribution in [0.4, 0.5) is 0 Å². The lowest BCUT2D eigenvalue weighted by atomic mass is 9.99. The van der Waals surface area contributed by atoms with Gasteiger partial charge in [-0.25, -0.2) is 4.98 Å². The summed E-state index contributed by atoms with van der Waals surface area (Å²) in [5, 5.41) is 2.76. The molecule has 2 amide bonds. The van der Waals surface area contributed by atoms with E-state index >= 15 is 0 Å². The maximum Gasteiger partial charge on any atom is 0.272 e. The molecule has 110 valence electrons. The van der Waals surface area contributed by atoms with Crippen molar-refractivity contribution in [2.24, 2.45) is 5.92 Å². The van der Waals surface area contributed by atoms with Gasteiger partial charge >= 0.3 is 0 Å². The van der Waals surface area contributed by atoms with E-state index in [4.69, 9.17) is 0 Å². The maximum absolute atomic E-state index is 12.5. The van der Waals surface area contributed by atoms with Gasteiger partial charge in [-0.05, 0) is 32.6 Å². The molecule has 6 heteroatoms. The van der Waals surface area contributed by atoms with E-state index in [9.17, 15) is 9.59 Å². The van der Waals surface area contributed by atoms with E-state index in [2.05, 4.69) is 22.2 Å². The second-order valence-electron chi connectivity index (χ2n) is 5.73. The zero-order valence-corrected chi connectivity index (χ0v) is 12.3. The maximum atomic E-state index is 12.5. The Kier molecular flexibility index (Phi) is 4.42. The molecule has 1 aliphatic rings. The topological polar surface area (TPSA) is 78.1 Å². The Labute approximate surface area is 119 Å². The van der Waals surface area contributed by atoms with Gasteiger partial charge in [-0.1, -0.05) is 6.92 Å². The molecule has 0 aliphatic carbocycles. The van der Waals surface area contributed by atoms with Crippen LogP contribution >= 0.6 is 0 Å². The van der Waals surface area contributed by atoms with Crippen LogP contribution in [0.25, 0.3) is 0 Å². The van der Waals surface area contributed by atoms with Gasteiger partial charge in [0.25, 0.3) is 11.8 Å². The highest BCUT2D eigenvalue weighted by Gasteiger charge is 2.27. The Balaban J connectivity index is 2.11. The molecule has 0 aromatic carbocycles. The summed E-state index contributed by atoms with van der Waals surface area (Å²) in [5.41, 5.74) is 0.472. The lowest BCUT2D eigenvalue weighted by Crippen LogP contribution is -2.39. The first-order chi connectivity index (χ1) is 9.49. The van der Waals surface area contributed by atoms with Crippen molar-refractivity contribution in [3.8, 4) is 0 Å². The van der Waals surface area contributed by atoms with Gasteiger partial charge in [0.2, 0.25) is 0 Å². The first-order valence-electron chi connectivity index (χ1n) is 7.12. The summed E-state index contributed by atoms with van der Waals surface area (Å²) in [4.78, 5) is 33.0.